The maximum atomic E-state index is 13.1. The van der Waals surface area contributed by atoms with E-state index >= 15 is 0 Å². The lowest BCUT2D eigenvalue weighted by atomic mass is 10.1. The summed E-state index contributed by atoms with van der Waals surface area (Å²) >= 11 is 3.34. The van der Waals surface area contributed by atoms with Crippen molar-refractivity contribution in [2.45, 2.75) is 37.8 Å². The first-order valence-electron chi connectivity index (χ1n) is 7.91. The van der Waals surface area contributed by atoms with Gasteiger partial charge in [0.2, 0.25) is 10.0 Å². The van der Waals surface area contributed by atoms with E-state index in [2.05, 4.69) is 15.9 Å². The molecule has 0 fully saturated rings. The Morgan fingerprint density at radius 2 is 1.84 bits per heavy atom. The number of hydrogen-bond acceptors (Lipinski definition) is 3. The van der Waals surface area contributed by atoms with Crippen molar-refractivity contribution in [3.05, 3.63) is 64.1 Å². The molecule has 0 heterocycles. The minimum atomic E-state index is -3.88. The summed E-state index contributed by atoms with van der Waals surface area (Å²) in [6, 6.07) is 13.9. The van der Waals surface area contributed by atoms with Gasteiger partial charge >= 0.3 is 0 Å². The van der Waals surface area contributed by atoms with Gasteiger partial charge < -0.3 is 4.90 Å². The Morgan fingerprint density at radius 3 is 2.40 bits per heavy atom. The molecule has 0 saturated carbocycles. The number of halogens is 1. The van der Waals surface area contributed by atoms with Crippen LogP contribution in [0.5, 0.6) is 0 Å². The lowest BCUT2D eigenvalue weighted by molar-refractivity contribution is 0.0670. The number of rotatable bonds is 6. The van der Waals surface area contributed by atoms with E-state index < -0.39 is 10.0 Å². The van der Waals surface area contributed by atoms with E-state index in [1.807, 2.05) is 44.2 Å². The zero-order valence-electron chi connectivity index (χ0n) is 14.1. The molecule has 0 saturated heterocycles. The Labute approximate surface area is 157 Å². The van der Waals surface area contributed by atoms with Crippen molar-refractivity contribution in [3.63, 3.8) is 0 Å². The van der Waals surface area contributed by atoms with Gasteiger partial charge in [-0.2, -0.15) is 0 Å². The Hall–Kier alpha value is -1.70. The number of nitrogens with zero attached hydrogens (tertiary/aromatic N) is 1. The molecule has 0 aliphatic carbocycles. The van der Waals surface area contributed by atoms with Gasteiger partial charge in [0.25, 0.3) is 5.91 Å². The number of amides is 1. The van der Waals surface area contributed by atoms with Crippen molar-refractivity contribution in [1.29, 1.82) is 0 Å². The Kier molecular flexibility index (Phi) is 6.37. The summed E-state index contributed by atoms with van der Waals surface area (Å²) in [7, 11) is -3.88. The van der Waals surface area contributed by atoms with Crippen molar-refractivity contribution in [2.75, 3.05) is 0 Å². The maximum absolute atomic E-state index is 13.1. The highest BCUT2D eigenvalue weighted by Crippen LogP contribution is 2.24. The Morgan fingerprint density at radius 1 is 1.20 bits per heavy atom. The van der Waals surface area contributed by atoms with Crippen LogP contribution in [0.25, 0.3) is 0 Å². The normalized spacial score (nSPS) is 12.6. The third kappa shape index (κ3) is 4.90. The molecular weight excluding hydrogens is 404 g/mol. The van der Waals surface area contributed by atoms with Gasteiger partial charge in [-0.15, -0.1) is 0 Å². The summed E-state index contributed by atoms with van der Waals surface area (Å²) in [6.07, 6.45) is 0.783. The number of primary sulfonamides is 1. The molecule has 2 N–H and O–H groups in total. The van der Waals surface area contributed by atoms with Gasteiger partial charge in [-0.3, -0.25) is 4.79 Å². The zero-order valence-corrected chi connectivity index (χ0v) is 16.5. The van der Waals surface area contributed by atoms with Crippen LogP contribution < -0.4 is 5.14 Å². The van der Waals surface area contributed by atoms with Crippen LogP contribution in [-0.2, 0) is 16.6 Å². The highest BCUT2D eigenvalue weighted by molar-refractivity contribution is 9.10. The largest absolute Gasteiger partial charge is 0.332 e. The van der Waals surface area contributed by atoms with E-state index in [9.17, 15) is 13.2 Å². The van der Waals surface area contributed by atoms with Crippen LogP contribution in [0.1, 0.15) is 36.2 Å². The third-order valence-electron chi connectivity index (χ3n) is 4.08. The van der Waals surface area contributed by atoms with Gasteiger partial charge in [-0.25, -0.2) is 13.6 Å². The predicted octanol–water partition coefficient (Wildman–Crippen LogP) is 3.54. The lowest BCUT2D eigenvalue weighted by Crippen LogP contribution is -2.38. The number of hydrogen-bond donors (Lipinski definition) is 1. The molecule has 1 unspecified atom stereocenters. The second-order valence-electron chi connectivity index (χ2n) is 5.86. The first kappa shape index (κ1) is 19.6. The molecule has 0 radical (unpaired) electrons. The fraction of sp³-hybridized carbons (Fsp3) is 0.278. The number of carbonyl (C=O) groups excluding carboxylic acids is 1. The molecular formula is C18H21BrN2O3S. The Balaban J connectivity index is 2.43. The van der Waals surface area contributed by atoms with Crippen molar-refractivity contribution in [1.82, 2.24) is 4.90 Å². The van der Waals surface area contributed by atoms with E-state index in [1.54, 1.807) is 4.90 Å². The fourth-order valence-corrected chi connectivity index (χ4v) is 3.38. The molecule has 0 spiro atoms. The van der Waals surface area contributed by atoms with Crippen LogP contribution in [-0.4, -0.2) is 25.3 Å². The molecule has 2 rings (SSSR count). The Bertz CT molecular complexity index is 854. The number of nitrogens with two attached hydrogens (primary N) is 1. The second kappa shape index (κ2) is 8.12. The summed E-state index contributed by atoms with van der Waals surface area (Å²) in [5.41, 5.74) is 1.29. The van der Waals surface area contributed by atoms with Gasteiger partial charge in [0.1, 0.15) is 0 Å². The smallest absolute Gasteiger partial charge is 0.255 e. The monoisotopic (exact) mass is 424 g/mol. The quantitative estimate of drug-likeness (QED) is 0.769. The molecule has 134 valence electrons. The lowest BCUT2D eigenvalue weighted by Gasteiger charge is -2.29. The van der Waals surface area contributed by atoms with Crippen molar-refractivity contribution >= 4 is 31.9 Å². The topological polar surface area (TPSA) is 80.5 Å². The fourth-order valence-electron chi connectivity index (χ4n) is 2.43. The van der Waals surface area contributed by atoms with E-state index in [1.165, 1.54) is 18.2 Å². The average molecular weight is 425 g/mol. The van der Waals surface area contributed by atoms with Crippen LogP contribution in [0.3, 0.4) is 0 Å². The summed E-state index contributed by atoms with van der Waals surface area (Å²) in [5.74, 6) is -0.240. The molecule has 5 nitrogen and oxygen atoms in total. The van der Waals surface area contributed by atoms with E-state index in [4.69, 9.17) is 5.14 Å². The minimum absolute atomic E-state index is 0.00209. The molecule has 25 heavy (non-hydrogen) atoms. The van der Waals surface area contributed by atoms with Crippen LogP contribution in [0.2, 0.25) is 0 Å². The molecule has 0 bridgehead atoms. The van der Waals surface area contributed by atoms with Gasteiger partial charge in [0, 0.05) is 17.1 Å². The number of benzene rings is 2. The molecule has 2 aromatic rings. The summed E-state index contributed by atoms with van der Waals surface area (Å²) in [4.78, 5) is 14.8. The van der Waals surface area contributed by atoms with Crippen LogP contribution in [0, 0.1) is 0 Å². The molecule has 7 heteroatoms. The first-order chi connectivity index (χ1) is 11.7. The molecule has 1 atom stereocenters. The van der Waals surface area contributed by atoms with E-state index in [0.29, 0.717) is 11.0 Å². The molecule has 2 aromatic carbocycles. The van der Waals surface area contributed by atoms with Crippen LogP contribution in [0.4, 0.5) is 0 Å². The first-order valence-corrected chi connectivity index (χ1v) is 10.2. The van der Waals surface area contributed by atoms with Gasteiger partial charge in [0.15, 0.2) is 0 Å². The standard InChI is InChI=1S/C18H21BrN2O3S/c1-3-13(2)21(12-14-7-5-4-6-8-14)18(22)16-11-15(25(20,23)24)9-10-17(16)19/h4-11,13H,3,12H2,1-2H3,(H2,20,23,24). The maximum Gasteiger partial charge on any atom is 0.255 e. The van der Waals surface area contributed by atoms with Crippen molar-refractivity contribution in [3.8, 4) is 0 Å². The SMILES string of the molecule is CCC(C)N(Cc1ccccc1)C(=O)c1cc(S(N)(=O)=O)ccc1Br. The highest BCUT2D eigenvalue weighted by atomic mass is 79.9. The van der Waals surface area contributed by atoms with Gasteiger partial charge in [0.05, 0.1) is 10.5 Å². The number of carbonyl (C=O) groups is 1. The summed E-state index contributed by atoms with van der Waals surface area (Å²) < 4.78 is 23.7. The zero-order chi connectivity index (χ0) is 18.6. The molecule has 0 aromatic heterocycles. The summed E-state index contributed by atoms with van der Waals surface area (Å²) in [5, 5.41) is 5.19. The second-order valence-corrected chi connectivity index (χ2v) is 8.28. The van der Waals surface area contributed by atoms with Gasteiger partial charge in [-0.1, -0.05) is 37.3 Å². The van der Waals surface area contributed by atoms with Crippen LogP contribution in [0.15, 0.2) is 57.9 Å². The van der Waals surface area contributed by atoms with E-state index in [-0.39, 0.29) is 22.4 Å². The molecule has 0 aliphatic heterocycles. The minimum Gasteiger partial charge on any atom is -0.332 e. The summed E-state index contributed by atoms with van der Waals surface area (Å²) in [6.45, 7) is 4.42. The van der Waals surface area contributed by atoms with Crippen LogP contribution >= 0.6 is 15.9 Å². The average Bonchev–Trinajstić information content (AvgIpc) is 2.58. The highest BCUT2D eigenvalue weighted by Gasteiger charge is 2.24. The third-order valence-corrected chi connectivity index (χ3v) is 5.68. The number of sulfonamides is 1. The molecule has 1 amide bonds. The van der Waals surface area contributed by atoms with Gasteiger partial charge in [-0.05, 0) is 53.0 Å². The van der Waals surface area contributed by atoms with E-state index in [0.717, 1.165) is 12.0 Å². The van der Waals surface area contributed by atoms with Crippen molar-refractivity contribution in [2.24, 2.45) is 5.14 Å². The predicted molar refractivity (Wildman–Crippen MR) is 102 cm³/mol. The van der Waals surface area contributed by atoms with Crippen molar-refractivity contribution < 1.29 is 13.2 Å². The molecule has 0 aliphatic rings.